The number of urea groups is 1. The molecule has 0 saturated heterocycles. The van der Waals surface area contributed by atoms with Crippen molar-refractivity contribution in [2.45, 2.75) is 25.6 Å². The van der Waals surface area contributed by atoms with Crippen LogP contribution < -0.4 is 15.4 Å². The molecule has 1 aromatic carbocycles. The summed E-state index contributed by atoms with van der Waals surface area (Å²) in [6.45, 7) is 2.90. The Morgan fingerprint density at radius 3 is 2.40 bits per heavy atom. The third-order valence-corrected chi connectivity index (χ3v) is 3.74. The molecule has 2 amide bonds. The summed E-state index contributed by atoms with van der Waals surface area (Å²) in [5.74, 6) is -1.33. The highest BCUT2D eigenvalue weighted by atomic mass is 19.4. The minimum absolute atomic E-state index is 0.161. The second kappa shape index (κ2) is 8.69. The first-order valence-electron chi connectivity index (χ1n) is 8.39. The molecule has 0 saturated carbocycles. The maximum absolute atomic E-state index is 13.2. The Bertz CT molecular complexity index is 983. The Kier molecular flexibility index (Phi) is 6.51. The second-order valence-electron chi connectivity index (χ2n) is 6.50. The molecule has 0 atom stereocenters. The van der Waals surface area contributed by atoms with Gasteiger partial charge in [-0.1, -0.05) is 0 Å². The number of carbonyl (C=O) groups excluding carboxylic acids is 2. The lowest BCUT2D eigenvalue weighted by molar-refractivity contribution is -0.146. The first-order chi connectivity index (χ1) is 14.0. The molecule has 2 rings (SSSR count). The van der Waals surface area contributed by atoms with Gasteiger partial charge in [-0.3, -0.25) is 0 Å². The molecule has 2 aromatic rings. The van der Waals surface area contributed by atoms with Crippen LogP contribution in [0.5, 0.6) is 11.6 Å². The van der Waals surface area contributed by atoms with Gasteiger partial charge in [-0.2, -0.15) is 18.4 Å². The number of aromatic nitrogens is 1. The quantitative estimate of drug-likeness (QED) is 0.708. The van der Waals surface area contributed by atoms with Crippen molar-refractivity contribution in [1.82, 2.24) is 10.3 Å². The number of nitrogens with one attached hydrogen (secondary N) is 2. The first kappa shape index (κ1) is 22.5. The highest BCUT2D eigenvalue weighted by molar-refractivity contribution is 5.93. The van der Waals surface area contributed by atoms with Crippen molar-refractivity contribution in [3.63, 3.8) is 0 Å². The first-order valence-corrected chi connectivity index (χ1v) is 8.39. The van der Waals surface area contributed by atoms with Gasteiger partial charge in [0.25, 0.3) is 0 Å². The summed E-state index contributed by atoms with van der Waals surface area (Å²) in [4.78, 5) is 27.4. The third-order valence-electron chi connectivity index (χ3n) is 3.74. The summed E-state index contributed by atoms with van der Waals surface area (Å²) in [7, 11) is 1.18. The zero-order chi connectivity index (χ0) is 22.5. The van der Waals surface area contributed by atoms with E-state index in [2.05, 4.69) is 20.4 Å². The molecule has 1 heterocycles. The molecule has 0 bridgehead atoms. The van der Waals surface area contributed by atoms with Crippen LogP contribution in [-0.4, -0.2) is 29.6 Å². The standard InChI is InChI=1S/C19H17F3N4O4/c1-18(2,16(27)29-3)26-17(28)25-12-5-7-15(24-10-12)30-14-6-4-11(9-23)8-13(14)19(20,21)22/h4-8,10H,1-3H3,(H2,25,26,28). The van der Waals surface area contributed by atoms with Gasteiger partial charge in [-0.25, -0.2) is 14.6 Å². The van der Waals surface area contributed by atoms with Crippen molar-refractivity contribution < 1.29 is 32.2 Å². The number of rotatable bonds is 5. The van der Waals surface area contributed by atoms with E-state index in [0.29, 0.717) is 6.07 Å². The minimum atomic E-state index is -4.73. The van der Waals surface area contributed by atoms with Crippen molar-refractivity contribution in [2.75, 3.05) is 12.4 Å². The molecule has 30 heavy (non-hydrogen) atoms. The molecule has 0 radical (unpaired) electrons. The number of ether oxygens (including phenoxy) is 2. The summed E-state index contributed by atoms with van der Waals surface area (Å²) in [5, 5.41) is 13.6. The average Bonchev–Trinajstić information content (AvgIpc) is 2.67. The van der Waals surface area contributed by atoms with Crippen molar-refractivity contribution in [1.29, 1.82) is 5.26 Å². The molecule has 0 spiro atoms. The molecule has 0 aliphatic heterocycles. The van der Waals surface area contributed by atoms with E-state index in [4.69, 9.17) is 10.00 Å². The Balaban J connectivity index is 2.11. The van der Waals surface area contributed by atoms with Crippen molar-refractivity contribution in [3.8, 4) is 17.7 Å². The van der Waals surface area contributed by atoms with Gasteiger partial charge in [0.1, 0.15) is 11.3 Å². The van der Waals surface area contributed by atoms with E-state index in [0.717, 1.165) is 12.3 Å². The molecule has 2 N–H and O–H groups in total. The number of pyridine rings is 1. The number of halogens is 3. The zero-order valence-corrected chi connectivity index (χ0v) is 16.1. The van der Waals surface area contributed by atoms with Gasteiger partial charge in [-0.05, 0) is 38.1 Å². The number of carbonyl (C=O) groups is 2. The lowest BCUT2D eigenvalue weighted by atomic mass is 10.1. The summed E-state index contributed by atoms with van der Waals surface area (Å²) in [6, 6.07) is 6.41. The maximum Gasteiger partial charge on any atom is 0.420 e. The Hall–Kier alpha value is -3.81. The third kappa shape index (κ3) is 5.60. The number of hydrogen-bond acceptors (Lipinski definition) is 6. The lowest BCUT2D eigenvalue weighted by Gasteiger charge is -2.23. The van der Waals surface area contributed by atoms with Crippen LogP contribution in [0, 0.1) is 11.3 Å². The number of nitrogens with zero attached hydrogens (tertiary/aromatic N) is 2. The predicted octanol–water partition coefficient (Wildman–Crippen LogP) is 3.84. The Morgan fingerprint density at radius 1 is 1.17 bits per heavy atom. The fraction of sp³-hybridized carbons (Fsp3) is 0.263. The predicted molar refractivity (Wildman–Crippen MR) is 98.7 cm³/mol. The van der Waals surface area contributed by atoms with E-state index in [-0.39, 0.29) is 17.1 Å². The maximum atomic E-state index is 13.2. The summed E-state index contributed by atoms with van der Waals surface area (Å²) in [5.41, 5.74) is -2.35. The molecule has 11 heteroatoms. The van der Waals surface area contributed by atoms with Crippen LogP contribution >= 0.6 is 0 Å². The molecule has 158 valence electrons. The molecule has 0 unspecified atom stereocenters. The minimum Gasteiger partial charge on any atom is -0.467 e. The van der Waals surface area contributed by atoms with Crippen LogP contribution in [0.15, 0.2) is 36.5 Å². The van der Waals surface area contributed by atoms with Crippen LogP contribution in [0.1, 0.15) is 25.0 Å². The van der Waals surface area contributed by atoms with Crippen LogP contribution in [0.25, 0.3) is 0 Å². The van der Waals surface area contributed by atoms with E-state index in [1.165, 1.54) is 39.2 Å². The number of anilines is 1. The van der Waals surface area contributed by atoms with Gasteiger partial charge >= 0.3 is 18.2 Å². The molecule has 0 fully saturated rings. The van der Waals surface area contributed by atoms with E-state index >= 15 is 0 Å². The van der Waals surface area contributed by atoms with Gasteiger partial charge in [0.05, 0.1) is 36.2 Å². The van der Waals surface area contributed by atoms with Gasteiger partial charge in [0, 0.05) is 6.07 Å². The number of hydrogen-bond donors (Lipinski definition) is 2. The van der Waals surface area contributed by atoms with Gasteiger partial charge in [0.2, 0.25) is 5.88 Å². The molecular formula is C19H17F3N4O4. The molecule has 1 aromatic heterocycles. The normalized spacial score (nSPS) is 11.2. The van der Waals surface area contributed by atoms with E-state index in [9.17, 15) is 22.8 Å². The fourth-order valence-electron chi connectivity index (χ4n) is 2.29. The number of methoxy groups -OCH3 is 1. The Morgan fingerprint density at radius 2 is 1.87 bits per heavy atom. The average molecular weight is 422 g/mol. The van der Waals surface area contributed by atoms with Gasteiger partial charge < -0.3 is 20.1 Å². The molecule has 0 aliphatic rings. The van der Waals surface area contributed by atoms with Crippen molar-refractivity contribution >= 4 is 17.7 Å². The highest BCUT2D eigenvalue weighted by Gasteiger charge is 2.35. The monoisotopic (exact) mass is 422 g/mol. The molecule has 0 aliphatic carbocycles. The lowest BCUT2D eigenvalue weighted by Crippen LogP contribution is -2.51. The smallest absolute Gasteiger partial charge is 0.420 e. The van der Waals surface area contributed by atoms with Crippen LogP contribution in [0.2, 0.25) is 0 Å². The van der Waals surface area contributed by atoms with E-state index in [1.807, 2.05) is 0 Å². The second-order valence-corrected chi connectivity index (χ2v) is 6.50. The summed E-state index contributed by atoms with van der Waals surface area (Å²) >= 11 is 0. The fourth-order valence-corrected chi connectivity index (χ4v) is 2.29. The van der Waals surface area contributed by atoms with Crippen LogP contribution in [-0.2, 0) is 15.7 Å². The number of amides is 2. The topological polar surface area (TPSA) is 113 Å². The number of alkyl halides is 3. The summed E-state index contributed by atoms with van der Waals surface area (Å²) in [6.07, 6.45) is -3.56. The highest BCUT2D eigenvalue weighted by Crippen LogP contribution is 2.38. The van der Waals surface area contributed by atoms with E-state index in [1.54, 1.807) is 6.07 Å². The van der Waals surface area contributed by atoms with Crippen LogP contribution in [0.3, 0.4) is 0 Å². The SMILES string of the molecule is COC(=O)C(C)(C)NC(=O)Nc1ccc(Oc2ccc(C#N)cc2C(F)(F)F)nc1. The zero-order valence-electron chi connectivity index (χ0n) is 16.1. The number of nitriles is 1. The number of benzene rings is 1. The molecular weight excluding hydrogens is 405 g/mol. The van der Waals surface area contributed by atoms with Crippen molar-refractivity contribution in [2.24, 2.45) is 0 Å². The molecule has 8 nitrogen and oxygen atoms in total. The van der Waals surface area contributed by atoms with Crippen LogP contribution in [0.4, 0.5) is 23.7 Å². The van der Waals surface area contributed by atoms with Crippen molar-refractivity contribution in [3.05, 3.63) is 47.7 Å². The largest absolute Gasteiger partial charge is 0.467 e. The van der Waals surface area contributed by atoms with E-state index < -0.39 is 35.0 Å². The summed E-state index contributed by atoms with van der Waals surface area (Å²) < 4.78 is 49.4. The number of esters is 1. The van der Waals surface area contributed by atoms with Gasteiger partial charge in [-0.15, -0.1) is 0 Å². The van der Waals surface area contributed by atoms with Gasteiger partial charge in [0.15, 0.2) is 0 Å². The Labute approximate surface area is 169 Å².